The Labute approximate surface area is 321 Å². The van der Waals surface area contributed by atoms with Gasteiger partial charge in [0.05, 0.1) is 26.4 Å². The van der Waals surface area contributed by atoms with E-state index in [1.54, 1.807) is 6.92 Å². The highest BCUT2D eigenvalue weighted by atomic mass is 31.2. The van der Waals surface area contributed by atoms with E-state index in [9.17, 15) is 54.8 Å². The fourth-order valence-electron chi connectivity index (χ4n) is 6.53. The Morgan fingerprint density at radius 3 is 2.05 bits per heavy atom. The number of fused-ring (bicyclic) bond motifs is 3. The number of aliphatic hydroxyl groups excluding tert-OH is 7. The van der Waals surface area contributed by atoms with E-state index in [2.05, 4.69) is 10.6 Å². The van der Waals surface area contributed by atoms with Gasteiger partial charge in [-0.25, -0.2) is 9.36 Å². The first-order valence-corrected chi connectivity index (χ1v) is 19.5. The molecule has 312 valence electrons. The Morgan fingerprint density at radius 1 is 0.804 bits per heavy atom. The summed E-state index contributed by atoms with van der Waals surface area (Å²) in [5.41, 5.74) is 4.03. The van der Waals surface area contributed by atoms with Gasteiger partial charge in [-0.15, -0.1) is 0 Å². The van der Waals surface area contributed by atoms with Gasteiger partial charge in [-0.1, -0.05) is 55.5 Å². The molecule has 21 heteroatoms. The van der Waals surface area contributed by atoms with Gasteiger partial charge in [-0.2, -0.15) is 0 Å². The average Bonchev–Trinajstić information content (AvgIpc) is 3.52. The SMILES string of the molecule is CCCO[C@H]1O[C@H](CO)[C@@H](O)[C@H](O)[C@@H]1O[C@H]1O[C@H](COP(=O)(O)OCCNC(=O)[C@H](CO)NC(=O)OCC2c3ccccc3-c3ccccc32)[C@@H](O)[C@H](O)[C@@H]1O. The molecule has 56 heavy (non-hydrogen) atoms. The molecule has 2 amide bonds. The van der Waals surface area contributed by atoms with Crippen molar-refractivity contribution in [2.75, 3.05) is 46.2 Å². The number of benzene rings is 2. The van der Waals surface area contributed by atoms with Gasteiger partial charge in [0.1, 0.15) is 61.5 Å². The van der Waals surface area contributed by atoms with Crippen molar-refractivity contribution in [1.82, 2.24) is 10.6 Å². The molecule has 2 saturated heterocycles. The number of rotatable bonds is 18. The molecule has 5 rings (SSSR count). The summed E-state index contributed by atoms with van der Waals surface area (Å²) in [5, 5.41) is 76.4. The molecule has 12 atom stereocenters. The van der Waals surface area contributed by atoms with Crippen LogP contribution in [0.25, 0.3) is 11.1 Å². The van der Waals surface area contributed by atoms with Crippen LogP contribution in [0.4, 0.5) is 4.79 Å². The molecule has 0 bridgehead atoms. The molecule has 1 aliphatic carbocycles. The Balaban J connectivity index is 1.06. The first-order chi connectivity index (χ1) is 26.8. The summed E-state index contributed by atoms with van der Waals surface area (Å²) < 4.78 is 49.9. The second kappa shape index (κ2) is 20.0. The van der Waals surface area contributed by atoms with Crippen molar-refractivity contribution < 1.29 is 87.5 Å². The number of hydrogen-bond acceptors (Lipinski definition) is 17. The quantitative estimate of drug-likeness (QED) is 0.0586. The van der Waals surface area contributed by atoms with E-state index in [0.717, 1.165) is 22.3 Å². The van der Waals surface area contributed by atoms with Crippen LogP contribution in [0.3, 0.4) is 0 Å². The summed E-state index contributed by atoms with van der Waals surface area (Å²) in [7, 11) is -4.91. The van der Waals surface area contributed by atoms with Crippen LogP contribution in [-0.4, -0.2) is 166 Å². The smallest absolute Gasteiger partial charge is 0.449 e. The molecule has 1 unspecified atom stereocenters. The van der Waals surface area contributed by atoms with Crippen molar-refractivity contribution in [3.05, 3.63) is 59.7 Å². The van der Waals surface area contributed by atoms with E-state index in [0.29, 0.717) is 6.42 Å². The van der Waals surface area contributed by atoms with Crippen molar-refractivity contribution in [3.63, 3.8) is 0 Å². The lowest BCUT2D eigenvalue weighted by atomic mass is 9.97. The third kappa shape index (κ3) is 10.5. The van der Waals surface area contributed by atoms with E-state index >= 15 is 0 Å². The normalized spacial score (nSPS) is 30.4. The zero-order valence-electron chi connectivity index (χ0n) is 30.3. The fourth-order valence-corrected chi connectivity index (χ4v) is 7.26. The van der Waals surface area contributed by atoms with Crippen molar-refractivity contribution >= 4 is 19.8 Å². The number of ether oxygens (including phenoxy) is 5. The van der Waals surface area contributed by atoms with Gasteiger partial charge in [0.25, 0.3) is 0 Å². The number of aliphatic hydroxyl groups is 7. The lowest BCUT2D eigenvalue weighted by molar-refractivity contribution is -0.367. The summed E-state index contributed by atoms with van der Waals surface area (Å²) in [6.45, 7) is -1.46. The van der Waals surface area contributed by atoms with E-state index in [1.807, 2.05) is 48.5 Å². The molecule has 10 N–H and O–H groups in total. The number of alkyl carbamates (subject to hydrolysis) is 1. The Hall–Kier alpha value is -3.15. The van der Waals surface area contributed by atoms with Crippen molar-refractivity contribution in [1.29, 1.82) is 0 Å². The van der Waals surface area contributed by atoms with E-state index in [1.165, 1.54) is 0 Å². The molecule has 2 aliphatic heterocycles. The summed E-state index contributed by atoms with van der Waals surface area (Å²) in [5.74, 6) is -1.09. The third-order valence-corrected chi connectivity index (χ3v) is 10.4. The van der Waals surface area contributed by atoms with E-state index in [4.69, 9.17) is 32.7 Å². The number of carbonyl (C=O) groups is 2. The number of phosphoric acid groups is 1. The monoisotopic (exact) mass is 816 g/mol. The molecule has 0 radical (unpaired) electrons. The van der Waals surface area contributed by atoms with Crippen molar-refractivity contribution in [3.8, 4) is 11.1 Å². The van der Waals surface area contributed by atoms with Gasteiger partial charge in [-0.3, -0.25) is 13.8 Å². The summed E-state index contributed by atoms with van der Waals surface area (Å²) in [6, 6.07) is 14.0. The van der Waals surface area contributed by atoms with Crippen LogP contribution < -0.4 is 10.6 Å². The van der Waals surface area contributed by atoms with Gasteiger partial charge in [0.15, 0.2) is 12.6 Å². The lowest BCUT2D eigenvalue weighted by Crippen LogP contribution is -2.64. The predicted molar refractivity (Wildman–Crippen MR) is 189 cm³/mol. The molecule has 20 nitrogen and oxygen atoms in total. The van der Waals surface area contributed by atoms with Crippen LogP contribution >= 0.6 is 7.82 Å². The number of nitrogens with one attached hydrogen (secondary N) is 2. The van der Waals surface area contributed by atoms with E-state index < -0.39 is 114 Å². The molecule has 2 aromatic carbocycles. The van der Waals surface area contributed by atoms with E-state index in [-0.39, 0.29) is 25.7 Å². The van der Waals surface area contributed by atoms with Crippen LogP contribution in [0.2, 0.25) is 0 Å². The average molecular weight is 817 g/mol. The molecular weight excluding hydrogens is 767 g/mol. The highest BCUT2D eigenvalue weighted by Crippen LogP contribution is 2.45. The Kier molecular flexibility index (Phi) is 15.7. The fraction of sp³-hybridized carbons (Fsp3) is 0.600. The number of hydrogen-bond donors (Lipinski definition) is 10. The van der Waals surface area contributed by atoms with Crippen molar-refractivity contribution in [2.24, 2.45) is 0 Å². The highest BCUT2D eigenvalue weighted by molar-refractivity contribution is 7.47. The zero-order valence-corrected chi connectivity index (χ0v) is 31.2. The molecule has 0 saturated carbocycles. The molecule has 2 heterocycles. The van der Waals surface area contributed by atoms with Gasteiger partial charge >= 0.3 is 13.9 Å². The lowest BCUT2D eigenvalue weighted by Gasteiger charge is -2.46. The first kappa shape index (κ1) is 44.0. The molecule has 0 spiro atoms. The van der Waals surface area contributed by atoms with Gasteiger partial charge < -0.3 is 75.0 Å². The first-order valence-electron chi connectivity index (χ1n) is 18.0. The number of carbonyl (C=O) groups excluding carboxylic acids is 2. The number of amides is 2. The minimum absolute atomic E-state index is 0.0293. The minimum atomic E-state index is -4.91. The van der Waals surface area contributed by atoms with Crippen LogP contribution in [0.15, 0.2) is 48.5 Å². The Bertz CT molecular complexity index is 1610. The Morgan fingerprint density at radius 2 is 1.43 bits per heavy atom. The van der Waals surface area contributed by atoms with Crippen LogP contribution in [0.5, 0.6) is 0 Å². The number of phosphoric ester groups is 1. The second-order valence-electron chi connectivity index (χ2n) is 13.3. The zero-order chi connectivity index (χ0) is 40.6. The summed E-state index contributed by atoms with van der Waals surface area (Å²) in [6.07, 6.45) is -17.1. The molecule has 0 aromatic heterocycles. The highest BCUT2D eigenvalue weighted by Gasteiger charge is 2.51. The van der Waals surface area contributed by atoms with Gasteiger partial charge in [-0.05, 0) is 28.7 Å². The molecule has 2 aromatic rings. The standard InChI is InChI=1S/C35H49N2O18P/c1-2-12-49-34-31(29(43)26(40)24(15-39)53-34)55-33-30(44)28(42)27(41)25(54-33)17-52-56(47,48)51-13-11-36-32(45)23(14-38)37-35(46)50-16-22-20-9-5-3-7-18(20)19-8-4-6-10-21(19)22/h3-10,22-31,33-34,38-44H,2,11-17H2,1H3,(H,36,45)(H,37,46)(H,47,48)/t23-,24+,25+,26+,27+,28-,29-,30-,31-,33+,34-/m0/s1. The summed E-state index contributed by atoms with van der Waals surface area (Å²) >= 11 is 0. The maximum Gasteiger partial charge on any atom is 0.472 e. The molecule has 3 aliphatic rings. The maximum absolute atomic E-state index is 12.6. The van der Waals surface area contributed by atoms with Crippen molar-refractivity contribution in [2.45, 2.75) is 86.7 Å². The second-order valence-corrected chi connectivity index (χ2v) is 14.7. The summed E-state index contributed by atoms with van der Waals surface area (Å²) in [4.78, 5) is 35.5. The van der Waals surface area contributed by atoms with Gasteiger partial charge in [0.2, 0.25) is 5.91 Å². The predicted octanol–water partition coefficient (Wildman–Crippen LogP) is -1.81. The van der Waals surface area contributed by atoms with Crippen LogP contribution in [-0.2, 0) is 42.1 Å². The topological polar surface area (TPSA) is 302 Å². The maximum atomic E-state index is 12.6. The van der Waals surface area contributed by atoms with Gasteiger partial charge in [0, 0.05) is 19.1 Å². The molecule has 2 fully saturated rings. The molecular formula is C35H49N2O18P. The largest absolute Gasteiger partial charge is 0.472 e. The van der Waals surface area contributed by atoms with Crippen LogP contribution in [0, 0.1) is 0 Å². The van der Waals surface area contributed by atoms with Crippen LogP contribution in [0.1, 0.15) is 30.4 Å². The minimum Gasteiger partial charge on any atom is -0.449 e. The third-order valence-electron chi connectivity index (χ3n) is 9.46.